The number of para-hydroxylation sites is 1. The van der Waals surface area contributed by atoms with Gasteiger partial charge < -0.3 is 10.2 Å². The number of nitrogens with zero attached hydrogens (tertiary/aromatic N) is 3. The second-order valence-electron chi connectivity index (χ2n) is 6.10. The Balaban J connectivity index is 1.84. The number of amides is 2. The Hall–Kier alpha value is -2.06. The summed E-state index contributed by atoms with van der Waals surface area (Å²) >= 11 is 0. The summed E-state index contributed by atoms with van der Waals surface area (Å²) in [4.78, 5) is 16.5. The smallest absolute Gasteiger partial charge is 0.321 e. The van der Waals surface area contributed by atoms with Gasteiger partial charge in [0.25, 0.3) is 0 Å². The minimum absolute atomic E-state index is 0.119. The zero-order valence-electron chi connectivity index (χ0n) is 13.4. The number of anilines is 1. The standard InChI is InChI=1S/C17H24N4O/c1-14(2)7-8-20-9-11-21(12-10-20)17(22)19-16-6-4-3-5-15(16)13-18/h3-6,14H,7-12H2,1-2H3,(H,19,22). The number of carbonyl (C=O) groups excluding carboxylic acids is 1. The summed E-state index contributed by atoms with van der Waals surface area (Å²) in [5, 5.41) is 11.9. The fraction of sp³-hybridized carbons (Fsp3) is 0.529. The maximum Gasteiger partial charge on any atom is 0.321 e. The molecule has 1 aliphatic heterocycles. The molecule has 0 aliphatic carbocycles. The molecular formula is C17H24N4O. The molecule has 1 N–H and O–H groups in total. The summed E-state index contributed by atoms with van der Waals surface area (Å²) in [6.45, 7) is 8.87. The van der Waals surface area contributed by atoms with Crippen molar-refractivity contribution in [3.05, 3.63) is 29.8 Å². The van der Waals surface area contributed by atoms with Crippen molar-refractivity contribution in [2.24, 2.45) is 5.92 Å². The van der Waals surface area contributed by atoms with E-state index in [1.807, 2.05) is 11.0 Å². The molecular weight excluding hydrogens is 276 g/mol. The molecule has 1 heterocycles. The van der Waals surface area contributed by atoms with E-state index in [0.717, 1.165) is 32.7 Å². The third-order valence-electron chi connectivity index (χ3n) is 3.97. The van der Waals surface area contributed by atoms with Crippen LogP contribution in [-0.4, -0.2) is 48.6 Å². The molecule has 1 aliphatic rings. The Morgan fingerprint density at radius 1 is 1.27 bits per heavy atom. The predicted molar refractivity (Wildman–Crippen MR) is 87.6 cm³/mol. The highest BCUT2D eigenvalue weighted by molar-refractivity contribution is 5.90. The molecule has 0 unspecified atom stereocenters. The fourth-order valence-corrected chi connectivity index (χ4v) is 2.50. The minimum Gasteiger partial charge on any atom is -0.322 e. The van der Waals surface area contributed by atoms with E-state index in [2.05, 4.69) is 30.1 Å². The van der Waals surface area contributed by atoms with Crippen molar-refractivity contribution in [3.63, 3.8) is 0 Å². The van der Waals surface area contributed by atoms with Crippen LogP contribution in [0.3, 0.4) is 0 Å². The molecule has 0 spiro atoms. The molecule has 0 bridgehead atoms. The molecule has 2 rings (SSSR count). The monoisotopic (exact) mass is 300 g/mol. The molecule has 22 heavy (non-hydrogen) atoms. The molecule has 1 aromatic carbocycles. The van der Waals surface area contributed by atoms with E-state index in [-0.39, 0.29) is 6.03 Å². The molecule has 0 radical (unpaired) electrons. The average molecular weight is 300 g/mol. The molecule has 0 aromatic heterocycles. The minimum atomic E-state index is -0.119. The number of nitrogens with one attached hydrogen (secondary N) is 1. The number of hydrogen-bond acceptors (Lipinski definition) is 3. The molecule has 0 atom stereocenters. The van der Waals surface area contributed by atoms with Gasteiger partial charge in [0.2, 0.25) is 0 Å². The maximum atomic E-state index is 12.3. The van der Waals surface area contributed by atoms with Crippen molar-refractivity contribution < 1.29 is 4.79 Å². The fourth-order valence-electron chi connectivity index (χ4n) is 2.50. The zero-order valence-corrected chi connectivity index (χ0v) is 13.4. The quantitative estimate of drug-likeness (QED) is 0.930. The number of carbonyl (C=O) groups is 1. The summed E-state index contributed by atoms with van der Waals surface area (Å²) in [5.41, 5.74) is 1.07. The van der Waals surface area contributed by atoms with Crippen LogP contribution in [0, 0.1) is 17.2 Å². The maximum absolute atomic E-state index is 12.3. The van der Waals surface area contributed by atoms with Gasteiger partial charge in [-0.25, -0.2) is 4.79 Å². The van der Waals surface area contributed by atoms with E-state index in [1.54, 1.807) is 18.2 Å². The van der Waals surface area contributed by atoms with E-state index in [0.29, 0.717) is 17.2 Å². The molecule has 1 aromatic rings. The molecule has 5 nitrogen and oxygen atoms in total. The van der Waals surface area contributed by atoms with Gasteiger partial charge in [-0.05, 0) is 31.0 Å². The highest BCUT2D eigenvalue weighted by Gasteiger charge is 2.21. The Kier molecular flexibility index (Phi) is 5.79. The Bertz CT molecular complexity index is 542. The van der Waals surface area contributed by atoms with Crippen LogP contribution in [0.4, 0.5) is 10.5 Å². The molecule has 1 fully saturated rings. The summed E-state index contributed by atoms with van der Waals surface area (Å²) in [6, 6.07) is 9.06. The number of piperazine rings is 1. The van der Waals surface area contributed by atoms with Crippen molar-refractivity contribution in [2.75, 3.05) is 38.0 Å². The molecule has 0 saturated carbocycles. The van der Waals surface area contributed by atoms with Gasteiger partial charge in [0.1, 0.15) is 6.07 Å². The van der Waals surface area contributed by atoms with Crippen molar-refractivity contribution in [3.8, 4) is 6.07 Å². The average Bonchev–Trinajstić information content (AvgIpc) is 2.54. The SMILES string of the molecule is CC(C)CCN1CCN(C(=O)Nc2ccccc2C#N)CC1. The lowest BCUT2D eigenvalue weighted by Crippen LogP contribution is -2.50. The van der Waals surface area contributed by atoms with Crippen LogP contribution in [-0.2, 0) is 0 Å². The lowest BCUT2D eigenvalue weighted by Gasteiger charge is -2.35. The third-order valence-corrected chi connectivity index (χ3v) is 3.97. The van der Waals surface area contributed by atoms with E-state index in [1.165, 1.54) is 6.42 Å². The zero-order chi connectivity index (χ0) is 15.9. The first kappa shape index (κ1) is 16.3. The van der Waals surface area contributed by atoms with Crippen molar-refractivity contribution in [2.45, 2.75) is 20.3 Å². The van der Waals surface area contributed by atoms with Crippen molar-refractivity contribution in [1.29, 1.82) is 5.26 Å². The molecule has 2 amide bonds. The van der Waals surface area contributed by atoms with Crippen LogP contribution < -0.4 is 5.32 Å². The predicted octanol–water partition coefficient (Wildman–Crippen LogP) is 2.75. The third kappa shape index (κ3) is 4.47. The summed E-state index contributed by atoms with van der Waals surface area (Å²) in [6.07, 6.45) is 1.20. The van der Waals surface area contributed by atoms with E-state index in [9.17, 15) is 4.79 Å². The molecule has 118 valence electrons. The highest BCUT2D eigenvalue weighted by Crippen LogP contribution is 2.15. The van der Waals surface area contributed by atoms with Gasteiger partial charge in [-0.3, -0.25) is 4.90 Å². The van der Waals surface area contributed by atoms with Crippen LogP contribution in [0.1, 0.15) is 25.8 Å². The lowest BCUT2D eigenvalue weighted by atomic mass is 10.1. The number of hydrogen-bond donors (Lipinski definition) is 1. The van der Waals surface area contributed by atoms with Gasteiger partial charge >= 0.3 is 6.03 Å². The van der Waals surface area contributed by atoms with Crippen molar-refractivity contribution >= 4 is 11.7 Å². The van der Waals surface area contributed by atoms with Gasteiger partial charge in [-0.15, -0.1) is 0 Å². The number of nitriles is 1. The Morgan fingerprint density at radius 3 is 2.59 bits per heavy atom. The Labute approximate surface area is 132 Å². The van der Waals surface area contributed by atoms with Crippen LogP contribution in [0.5, 0.6) is 0 Å². The van der Waals surface area contributed by atoms with E-state index >= 15 is 0 Å². The lowest BCUT2D eigenvalue weighted by molar-refractivity contribution is 0.143. The first-order valence-electron chi connectivity index (χ1n) is 7.87. The molecule has 1 saturated heterocycles. The second-order valence-corrected chi connectivity index (χ2v) is 6.10. The topological polar surface area (TPSA) is 59.4 Å². The largest absolute Gasteiger partial charge is 0.322 e. The van der Waals surface area contributed by atoms with Crippen LogP contribution in [0.25, 0.3) is 0 Å². The number of urea groups is 1. The van der Waals surface area contributed by atoms with Gasteiger partial charge in [0, 0.05) is 26.2 Å². The van der Waals surface area contributed by atoms with E-state index < -0.39 is 0 Å². The highest BCUT2D eigenvalue weighted by atomic mass is 16.2. The first-order valence-corrected chi connectivity index (χ1v) is 7.87. The Morgan fingerprint density at radius 2 is 1.95 bits per heavy atom. The van der Waals surface area contributed by atoms with Gasteiger partial charge in [-0.2, -0.15) is 5.26 Å². The van der Waals surface area contributed by atoms with E-state index in [4.69, 9.17) is 5.26 Å². The van der Waals surface area contributed by atoms with Crippen LogP contribution >= 0.6 is 0 Å². The van der Waals surface area contributed by atoms with Crippen molar-refractivity contribution in [1.82, 2.24) is 9.80 Å². The second kappa shape index (κ2) is 7.81. The van der Waals surface area contributed by atoms with Crippen LogP contribution in [0.2, 0.25) is 0 Å². The van der Waals surface area contributed by atoms with Crippen LogP contribution in [0.15, 0.2) is 24.3 Å². The summed E-state index contributed by atoms with van der Waals surface area (Å²) < 4.78 is 0. The normalized spacial score (nSPS) is 15.6. The summed E-state index contributed by atoms with van der Waals surface area (Å²) in [5.74, 6) is 0.712. The summed E-state index contributed by atoms with van der Waals surface area (Å²) in [7, 11) is 0. The van der Waals surface area contributed by atoms with Gasteiger partial charge in [0.05, 0.1) is 11.3 Å². The van der Waals surface area contributed by atoms with Gasteiger partial charge in [-0.1, -0.05) is 26.0 Å². The number of rotatable bonds is 4. The first-order chi connectivity index (χ1) is 10.6. The number of benzene rings is 1. The molecule has 5 heteroatoms. The van der Waals surface area contributed by atoms with Gasteiger partial charge in [0.15, 0.2) is 0 Å².